The van der Waals surface area contributed by atoms with E-state index in [1.807, 2.05) is 25.7 Å². The number of benzene rings is 1. The third kappa shape index (κ3) is 5.38. The number of aromatic nitrogens is 4. The highest BCUT2D eigenvalue weighted by Crippen LogP contribution is 2.37. The maximum absolute atomic E-state index is 15.4. The van der Waals surface area contributed by atoms with Crippen molar-refractivity contribution in [1.29, 1.82) is 0 Å². The zero-order valence-electron chi connectivity index (χ0n) is 24.8. The van der Waals surface area contributed by atoms with Crippen LogP contribution in [0, 0.1) is 5.82 Å². The number of alkyl halides is 1. The number of halogens is 3. The summed E-state index contributed by atoms with van der Waals surface area (Å²) in [5.41, 5.74) is -0.401. The third-order valence-corrected chi connectivity index (χ3v) is 8.06. The number of nitrogens with zero attached hydrogens (tertiary/aromatic N) is 6. The molecule has 0 bridgehead atoms. The number of rotatable bonds is 7. The van der Waals surface area contributed by atoms with Gasteiger partial charge in [0.25, 0.3) is 0 Å². The largest absolute Gasteiger partial charge is 0.355 e. The summed E-state index contributed by atoms with van der Waals surface area (Å²) in [4.78, 5) is 56.0. The molecule has 0 N–H and O–H groups in total. The summed E-state index contributed by atoms with van der Waals surface area (Å²) in [5, 5.41) is 0.366. The van der Waals surface area contributed by atoms with E-state index in [0.29, 0.717) is 30.7 Å². The lowest BCUT2D eigenvalue weighted by molar-refractivity contribution is -0.126. The number of amides is 1. The fraction of sp³-hybridized carbons (Fsp3) is 0.290. The minimum atomic E-state index is -0.897. The van der Waals surface area contributed by atoms with E-state index in [4.69, 9.17) is 16.6 Å². The molecule has 1 aromatic carbocycles. The monoisotopic (exact) mass is 618 g/mol. The molecule has 1 fully saturated rings. The van der Waals surface area contributed by atoms with Crippen LogP contribution in [0.2, 0.25) is 5.02 Å². The first kappa shape index (κ1) is 31.0. The van der Waals surface area contributed by atoms with Gasteiger partial charge < -0.3 is 14.6 Å². The van der Waals surface area contributed by atoms with Gasteiger partial charge in [0, 0.05) is 48.6 Å². The number of piperazine rings is 1. The standard InChI is InChI=1S/C31H30BClF2N6O3/c1-5-23(42)39-11-12-40(17(4)15-39)29-20-13-21(33)26(24-19(28(32)43)7-6-8-22(24)35)37-30(20)41(31(44)38-29)27-18(14-34)9-10-36-25(27)16(2)3/h5-10,13,16-17H,1,11-12,14-15,32H2,2-4H3/t17-/m0/s1. The fourth-order valence-electron chi connectivity index (χ4n) is 5.66. The van der Waals surface area contributed by atoms with Crippen LogP contribution in [0.1, 0.15) is 48.3 Å². The van der Waals surface area contributed by atoms with Gasteiger partial charge in [0.05, 0.1) is 27.5 Å². The van der Waals surface area contributed by atoms with E-state index in [1.165, 1.54) is 55.0 Å². The van der Waals surface area contributed by atoms with E-state index in [9.17, 15) is 18.8 Å². The van der Waals surface area contributed by atoms with Gasteiger partial charge in [-0.05, 0) is 37.1 Å². The smallest absolute Gasteiger partial charge is 0.350 e. The van der Waals surface area contributed by atoms with Crippen LogP contribution in [-0.2, 0) is 11.5 Å². The van der Waals surface area contributed by atoms with Crippen molar-refractivity contribution >= 4 is 47.9 Å². The second-order valence-electron chi connectivity index (χ2n) is 11.0. The van der Waals surface area contributed by atoms with Crippen LogP contribution in [0.5, 0.6) is 0 Å². The van der Waals surface area contributed by atoms with Crippen molar-refractivity contribution in [3.8, 4) is 16.9 Å². The quantitative estimate of drug-likeness (QED) is 0.226. The Labute approximate surface area is 258 Å². The summed E-state index contributed by atoms with van der Waals surface area (Å²) in [6.45, 7) is 9.33. The lowest BCUT2D eigenvalue weighted by Crippen LogP contribution is -2.54. The second-order valence-corrected chi connectivity index (χ2v) is 11.4. The Morgan fingerprint density at radius 1 is 1.23 bits per heavy atom. The molecule has 44 heavy (non-hydrogen) atoms. The summed E-state index contributed by atoms with van der Waals surface area (Å²) in [5.74, 6) is -0.879. The van der Waals surface area contributed by atoms with Crippen molar-refractivity contribution in [3.63, 3.8) is 0 Å². The van der Waals surface area contributed by atoms with E-state index in [1.54, 1.807) is 4.90 Å². The van der Waals surface area contributed by atoms with Crippen LogP contribution in [0.25, 0.3) is 28.0 Å². The van der Waals surface area contributed by atoms with E-state index in [-0.39, 0.29) is 62.4 Å². The van der Waals surface area contributed by atoms with Gasteiger partial charge in [-0.1, -0.05) is 44.2 Å². The molecule has 1 aliphatic rings. The molecule has 0 aliphatic carbocycles. The van der Waals surface area contributed by atoms with Crippen LogP contribution in [0.4, 0.5) is 14.6 Å². The first-order chi connectivity index (χ1) is 21.0. The summed E-state index contributed by atoms with van der Waals surface area (Å²) in [6, 6.07) is 6.83. The van der Waals surface area contributed by atoms with Gasteiger partial charge in [-0.15, -0.1) is 0 Å². The highest BCUT2D eigenvalue weighted by Gasteiger charge is 2.31. The number of hydrogen-bond acceptors (Lipinski definition) is 7. The number of pyridine rings is 2. The molecule has 5 rings (SSSR count). The highest BCUT2D eigenvalue weighted by molar-refractivity contribution is 6.63. The summed E-state index contributed by atoms with van der Waals surface area (Å²) in [7, 11) is 1.31. The van der Waals surface area contributed by atoms with E-state index in [2.05, 4.69) is 16.5 Å². The van der Waals surface area contributed by atoms with Crippen LogP contribution in [0.3, 0.4) is 0 Å². The molecule has 0 unspecified atom stereocenters. The molecule has 0 spiro atoms. The first-order valence-electron chi connectivity index (χ1n) is 14.1. The minimum absolute atomic E-state index is 0.0208. The van der Waals surface area contributed by atoms with Crippen LogP contribution in [-0.4, -0.2) is 69.5 Å². The maximum atomic E-state index is 15.4. The molecule has 4 aromatic rings. The SMILES string of the molecule is BC(=O)c1cccc(F)c1-c1nc2c(cc1Cl)c(N1CCN(C(=O)C=C)C[C@@H]1C)nc(=O)n2-c1c(CF)ccnc1C(C)C. The lowest BCUT2D eigenvalue weighted by atomic mass is 9.89. The zero-order chi connectivity index (χ0) is 31.9. The lowest BCUT2D eigenvalue weighted by Gasteiger charge is -2.40. The molecule has 4 heterocycles. The molecule has 13 heteroatoms. The van der Waals surface area contributed by atoms with Crippen molar-refractivity contribution in [2.24, 2.45) is 0 Å². The summed E-state index contributed by atoms with van der Waals surface area (Å²) in [6.07, 6.45) is 2.73. The van der Waals surface area contributed by atoms with Crippen molar-refractivity contribution < 1.29 is 18.4 Å². The Morgan fingerprint density at radius 2 is 1.98 bits per heavy atom. The maximum Gasteiger partial charge on any atom is 0.355 e. The van der Waals surface area contributed by atoms with Crippen LogP contribution < -0.4 is 10.6 Å². The molecule has 1 atom stereocenters. The van der Waals surface area contributed by atoms with Crippen molar-refractivity contribution in [3.05, 3.63) is 87.3 Å². The number of carbonyl (C=O) groups excluding carboxylic acids is 2. The van der Waals surface area contributed by atoms with E-state index >= 15 is 4.39 Å². The molecule has 1 aliphatic heterocycles. The Hall–Kier alpha value is -4.45. The minimum Gasteiger partial charge on any atom is -0.350 e. The average molecular weight is 619 g/mol. The Kier molecular flexibility index (Phi) is 8.65. The van der Waals surface area contributed by atoms with Gasteiger partial charge >= 0.3 is 5.69 Å². The summed E-state index contributed by atoms with van der Waals surface area (Å²) >= 11 is 6.79. The molecule has 3 aromatic heterocycles. The molecular formula is C31H30BClF2N6O3. The van der Waals surface area contributed by atoms with Crippen LogP contribution >= 0.6 is 11.6 Å². The molecule has 0 saturated carbocycles. The molecule has 0 radical (unpaired) electrons. The molecule has 1 saturated heterocycles. The fourth-order valence-corrected chi connectivity index (χ4v) is 5.91. The van der Waals surface area contributed by atoms with Gasteiger partial charge in [-0.2, -0.15) is 4.98 Å². The predicted octanol–water partition coefficient (Wildman–Crippen LogP) is 4.22. The second kappa shape index (κ2) is 12.3. The Bertz CT molecular complexity index is 1880. The molecular weight excluding hydrogens is 589 g/mol. The van der Waals surface area contributed by atoms with Gasteiger partial charge in [0.2, 0.25) is 5.91 Å². The van der Waals surface area contributed by atoms with Gasteiger partial charge in [-0.25, -0.2) is 23.1 Å². The number of hydrogen-bond donors (Lipinski definition) is 0. The normalized spacial score (nSPS) is 15.2. The van der Waals surface area contributed by atoms with Gasteiger partial charge in [0.1, 0.15) is 24.0 Å². The third-order valence-electron chi connectivity index (χ3n) is 7.77. The number of carbonyl (C=O) groups is 2. The van der Waals surface area contributed by atoms with Crippen molar-refractivity contribution in [2.45, 2.75) is 39.4 Å². The number of anilines is 1. The van der Waals surface area contributed by atoms with Gasteiger partial charge in [0.15, 0.2) is 13.5 Å². The molecule has 1 amide bonds. The topological polar surface area (TPSA) is 101 Å². The van der Waals surface area contributed by atoms with Crippen molar-refractivity contribution in [2.75, 3.05) is 24.5 Å². The Balaban J connectivity index is 1.87. The molecule has 226 valence electrons. The number of fused-ring (bicyclic) bond motifs is 1. The van der Waals surface area contributed by atoms with Crippen molar-refractivity contribution in [1.82, 2.24) is 24.4 Å². The average Bonchev–Trinajstić information content (AvgIpc) is 3.00. The van der Waals surface area contributed by atoms with E-state index in [0.717, 1.165) is 0 Å². The summed E-state index contributed by atoms with van der Waals surface area (Å²) < 4.78 is 31.0. The first-order valence-corrected chi connectivity index (χ1v) is 14.5. The zero-order valence-corrected chi connectivity index (χ0v) is 25.5. The van der Waals surface area contributed by atoms with Gasteiger partial charge in [-0.3, -0.25) is 9.78 Å². The van der Waals surface area contributed by atoms with E-state index < -0.39 is 23.9 Å². The Morgan fingerprint density at radius 3 is 2.61 bits per heavy atom. The predicted molar refractivity (Wildman–Crippen MR) is 169 cm³/mol. The van der Waals surface area contributed by atoms with Crippen LogP contribution in [0.15, 0.2) is 54.0 Å². The molecule has 9 nitrogen and oxygen atoms in total. The highest BCUT2D eigenvalue weighted by atomic mass is 35.5.